The average molecular weight is 430 g/mol. The molecule has 2 fully saturated rings. The van der Waals surface area contributed by atoms with E-state index in [1.807, 2.05) is 0 Å². The zero-order valence-electron chi connectivity index (χ0n) is 17.6. The molecule has 2 aromatic rings. The van der Waals surface area contributed by atoms with E-state index >= 15 is 0 Å². The van der Waals surface area contributed by atoms with Gasteiger partial charge in [-0.2, -0.15) is 0 Å². The molecule has 0 spiro atoms. The van der Waals surface area contributed by atoms with Crippen LogP contribution in [0.15, 0.2) is 24.5 Å². The molecule has 0 atom stereocenters. The summed E-state index contributed by atoms with van der Waals surface area (Å²) < 4.78 is 31.7. The fraction of sp³-hybridized carbons (Fsp3) is 0.500. The third-order valence-corrected chi connectivity index (χ3v) is 5.48. The van der Waals surface area contributed by atoms with E-state index in [2.05, 4.69) is 15.3 Å². The first-order valence-electron chi connectivity index (χ1n) is 10.6. The van der Waals surface area contributed by atoms with Crippen molar-refractivity contribution in [3.63, 3.8) is 0 Å². The van der Waals surface area contributed by atoms with Crippen LogP contribution in [0.4, 0.5) is 4.39 Å². The van der Waals surface area contributed by atoms with Crippen LogP contribution in [-0.2, 0) is 16.0 Å². The summed E-state index contributed by atoms with van der Waals surface area (Å²) in [7, 11) is 0. The number of rotatable bonds is 6. The monoisotopic (exact) mass is 430 g/mol. The Morgan fingerprint density at radius 3 is 2.71 bits per heavy atom. The lowest BCUT2D eigenvalue weighted by molar-refractivity contribution is -0.134. The summed E-state index contributed by atoms with van der Waals surface area (Å²) in [5.41, 5.74) is 1.21. The Morgan fingerprint density at radius 1 is 1.23 bits per heavy atom. The minimum absolute atomic E-state index is 0.0391. The number of aromatic nitrogens is 2. The van der Waals surface area contributed by atoms with Crippen molar-refractivity contribution in [2.75, 3.05) is 39.4 Å². The molecule has 166 valence electrons. The van der Waals surface area contributed by atoms with Crippen LogP contribution in [0.1, 0.15) is 24.0 Å². The number of benzene rings is 1. The van der Waals surface area contributed by atoms with Gasteiger partial charge in [0, 0.05) is 13.1 Å². The molecular weight excluding hydrogens is 403 g/mol. The molecule has 2 saturated heterocycles. The molecule has 0 unspecified atom stereocenters. The molecule has 0 radical (unpaired) electrons. The molecule has 3 heterocycles. The summed E-state index contributed by atoms with van der Waals surface area (Å²) in [6.45, 7) is 5.81. The molecular formula is C22H27FN4O4. The van der Waals surface area contributed by atoms with Gasteiger partial charge in [-0.3, -0.25) is 4.79 Å². The van der Waals surface area contributed by atoms with Crippen LogP contribution < -0.4 is 14.8 Å². The van der Waals surface area contributed by atoms with Gasteiger partial charge in [-0.1, -0.05) is 6.07 Å². The zero-order valence-corrected chi connectivity index (χ0v) is 17.6. The Kier molecular flexibility index (Phi) is 6.93. The Balaban J connectivity index is 1.42. The van der Waals surface area contributed by atoms with Crippen LogP contribution in [0.2, 0.25) is 0 Å². The number of halogens is 1. The normalized spacial score (nSPS) is 17.4. The quantitative estimate of drug-likeness (QED) is 0.752. The van der Waals surface area contributed by atoms with Crippen LogP contribution in [0.25, 0.3) is 0 Å². The van der Waals surface area contributed by atoms with Crippen LogP contribution in [0.3, 0.4) is 0 Å². The Hall–Kier alpha value is -2.78. The molecule has 1 aromatic carbocycles. The van der Waals surface area contributed by atoms with Gasteiger partial charge in [0.05, 0.1) is 25.2 Å². The highest BCUT2D eigenvalue weighted by atomic mass is 19.1. The van der Waals surface area contributed by atoms with Crippen molar-refractivity contribution in [2.24, 2.45) is 0 Å². The summed E-state index contributed by atoms with van der Waals surface area (Å²) in [6.07, 6.45) is 3.38. The average Bonchev–Trinajstić information content (AvgIpc) is 2.79. The minimum Gasteiger partial charge on any atom is -0.474 e. The third-order valence-electron chi connectivity index (χ3n) is 5.48. The Bertz CT molecular complexity index is 914. The number of hydrogen-bond donors (Lipinski definition) is 1. The number of piperidine rings is 1. The molecule has 31 heavy (non-hydrogen) atoms. The van der Waals surface area contributed by atoms with Crippen molar-refractivity contribution >= 4 is 5.91 Å². The fourth-order valence-electron chi connectivity index (χ4n) is 3.65. The summed E-state index contributed by atoms with van der Waals surface area (Å²) in [5, 5.41) is 3.29. The summed E-state index contributed by atoms with van der Waals surface area (Å²) >= 11 is 0. The molecule has 0 bridgehead atoms. The molecule has 1 amide bonds. The maximum Gasteiger partial charge on any atom is 0.229 e. The second-order valence-electron chi connectivity index (χ2n) is 7.71. The highest BCUT2D eigenvalue weighted by molar-refractivity contribution is 5.78. The Labute approximate surface area is 180 Å². The first-order valence-corrected chi connectivity index (χ1v) is 10.6. The predicted octanol–water partition coefficient (Wildman–Crippen LogP) is 2.25. The van der Waals surface area contributed by atoms with Crippen molar-refractivity contribution < 1.29 is 23.4 Å². The maximum atomic E-state index is 14.7. The summed E-state index contributed by atoms with van der Waals surface area (Å²) in [5.74, 6) is 0.144. The smallest absolute Gasteiger partial charge is 0.229 e. The topological polar surface area (TPSA) is 85.8 Å². The van der Waals surface area contributed by atoms with E-state index in [1.165, 1.54) is 18.5 Å². The zero-order chi connectivity index (χ0) is 21.6. The van der Waals surface area contributed by atoms with E-state index in [9.17, 15) is 9.18 Å². The van der Waals surface area contributed by atoms with Crippen LogP contribution in [0, 0.1) is 12.7 Å². The summed E-state index contributed by atoms with van der Waals surface area (Å²) in [4.78, 5) is 22.5. The number of ether oxygens (including phenoxy) is 3. The van der Waals surface area contributed by atoms with Gasteiger partial charge in [0.2, 0.25) is 17.7 Å². The molecule has 4 rings (SSSR count). The van der Waals surface area contributed by atoms with E-state index in [-0.39, 0.29) is 30.1 Å². The first-order chi connectivity index (χ1) is 15.1. The number of nitrogens with one attached hydrogen (secondary N) is 1. The molecule has 1 N–H and O–H groups in total. The largest absolute Gasteiger partial charge is 0.474 e. The van der Waals surface area contributed by atoms with Gasteiger partial charge in [0.25, 0.3) is 0 Å². The molecule has 0 saturated carbocycles. The number of morpholine rings is 1. The third kappa shape index (κ3) is 5.48. The van der Waals surface area contributed by atoms with E-state index in [0.29, 0.717) is 43.3 Å². The predicted molar refractivity (Wildman–Crippen MR) is 111 cm³/mol. The van der Waals surface area contributed by atoms with E-state index in [4.69, 9.17) is 14.2 Å². The van der Waals surface area contributed by atoms with Gasteiger partial charge in [-0.05, 0) is 50.6 Å². The van der Waals surface area contributed by atoms with Crippen molar-refractivity contribution in [3.05, 3.63) is 41.5 Å². The van der Waals surface area contributed by atoms with Gasteiger partial charge in [0.15, 0.2) is 11.6 Å². The number of carbonyl (C=O) groups excluding carboxylic acids is 1. The lowest BCUT2D eigenvalue weighted by Crippen LogP contribution is -2.41. The number of carbonyl (C=O) groups is 1. The van der Waals surface area contributed by atoms with Gasteiger partial charge in [0.1, 0.15) is 12.4 Å². The van der Waals surface area contributed by atoms with E-state index in [1.54, 1.807) is 17.9 Å². The number of hydrogen-bond acceptors (Lipinski definition) is 7. The van der Waals surface area contributed by atoms with Crippen LogP contribution in [0.5, 0.6) is 17.5 Å². The molecule has 9 heteroatoms. The van der Waals surface area contributed by atoms with Crippen molar-refractivity contribution in [3.8, 4) is 17.5 Å². The maximum absolute atomic E-state index is 14.7. The van der Waals surface area contributed by atoms with Gasteiger partial charge in [-0.15, -0.1) is 0 Å². The molecule has 8 nitrogen and oxygen atoms in total. The Morgan fingerprint density at radius 2 is 1.97 bits per heavy atom. The number of nitrogens with zero attached hydrogens (tertiary/aromatic N) is 3. The molecule has 0 aliphatic carbocycles. The van der Waals surface area contributed by atoms with Gasteiger partial charge < -0.3 is 24.4 Å². The number of amides is 1. The summed E-state index contributed by atoms with van der Waals surface area (Å²) in [6, 6.07) is 4.54. The standard InChI is InChI=1S/C22H27FN4O4/c1-15-21(30-17-4-6-24-7-5-17)25-14-26-22(15)31-19-3-2-16(12-18(19)23)13-20(28)27-8-10-29-11-9-27/h2-3,12,14,17,24H,4-11,13H2,1H3. The molecule has 2 aliphatic heterocycles. The van der Waals surface area contributed by atoms with Crippen LogP contribution in [-0.4, -0.2) is 66.3 Å². The SMILES string of the molecule is Cc1c(Oc2ccc(CC(=O)N3CCOCC3)cc2F)ncnc1OC1CCNCC1. The second-order valence-corrected chi connectivity index (χ2v) is 7.71. The van der Waals surface area contributed by atoms with E-state index in [0.717, 1.165) is 25.9 Å². The highest BCUT2D eigenvalue weighted by Crippen LogP contribution is 2.30. The lowest BCUT2D eigenvalue weighted by Gasteiger charge is -2.26. The molecule has 2 aliphatic rings. The van der Waals surface area contributed by atoms with Gasteiger partial charge in [-0.25, -0.2) is 14.4 Å². The minimum atomic E-state index is -0.550. The van der Waals surface area contributed by atoms with Gasteiger partial charge >= 0.3 is 0 Å². The first kappa shape index (κ1) is 21.5. The van der Waals surface area contributed by atoms with Crippen LogP contribution >= 0.6 is 0 Å². The fourth-order valence-corrected chi connectivity index (χ4v) is 3.65. The highest BCUT2D eigenvalue weighted by Gasteiger charge is 2.20. The van der Waals surface area contributed by atoms with Crippen molar-refractivity contribution in [1.82, 2.24) is 20.2 Å². The lowest BCUT2D eigenvalue weighted by atomic mass is 10.1. The molecule has 1 aromatic heterocycles. The van der Waals surface area contributed by atoms with E-state index < -0.39 is 5.82 Å². The van der Waals surface area contributed by atoms with Crippen molar-refractivity contribution in [1.29, 1.82) is 0 Å². The second kappa shape index (κ2) is 10.0. The van der Waals surface area contributed by atoms with Crippen molar-refractivity contribution in [2.45, 2.75) is 32.3 Å².